The van der Waals surface area contributed by atoms with Crippen LogP contribution < -0.4 is 5.32 Å². The first-order valence-electron chi connectivity index (χ1n) is 7.49. The van der Waals surface area contributed by atoms with Crippen LogP contribution in [0.5, 0.6) is 0 Å². The molecule has 2 rings (SSSR count). The van der Waals surface area contributed by atoms with Crippen LogP contribution in [0.1, 0.15) is 49.3 Å². The van der Waals surface area contributed by atoms with Crippen molar-refractivity contribution in [1.82, 2.24) is 20.2 Å². The standard InChI is InChI=1S/C15H24N4O/c1-12-10-13(2)18-14(17-12)11-16-15(20)19-8-6-4-3-5-7-9-19/h10H,3-9,11H2,1-2H3,(H,16,20). The summed E-state index contributed by atoms with van der Waals surface area (Å²) in [5.41, 5.74) is 1.88. The van der Waals surface area contributed by atoms with E-state index in [4.69, 9.17) is 0 Å². The van der Waals surface area contributed by atoms with E-state index in [9.17, 15) is 4.79 Å². The zero-order valence-corrected chi connectivity index (χ0v) is 12.5. The van der Waals surface area contributed by atoms with Gasteiger partial charge in [-0.2, -0.15) is 0 Å². The number of amides is 2. The number of aryl methyl sites for hydroxylation is 2. The Kier molecular flexibility index (Phi) is 5.32. The summed E-state index contributed by atoms with van der Waals surface area (Å²) >= 11 is 0. The third kappa shape index (κ3) is 4.47. The van der Waals surface area contributed by atoms with Crippen molar-refractivity contribution in [1.29, 1.82) is 0 Å². The van der Waals surface area contributed by atoms with Crippen LogP contribution in [0, 0.1) is 13.8 Å². The molecule has 1 N–H and O–H groups in total. The molecule has 0 aromatic carbocycles. The lowest BCUT2D eigenvalue weighted by molar-refractivity contribution is 0.191. The molecular formula is C15H24N4O. The topological polar surface area (TPSA) is 58.1 Å². The van der Waals surface area contributed by atoms with Crippen molar-refractivity contribution in [3.63, 3.8) is 0 Å². The van der Waals surface area contributed by atoms with E-state index in [0.29, 0.717) is 12.4 Å². The third-order valence-corrected chi connectivity index (χ3v) is 3.57. The Morgan fingerprint density at radius 2 is 1.65 bits per heavy atom. The lowest BCUT2D eigenvalue weighted by Crippen LogP contribution is -2.41. The van der Waals surface area contributed by atoms with Crippen LogP contribution in [-0.2, 0) is 6.54 Å². The number of nitrogens with zero attached hydrogens (tertiary/aromatic N) is 3. The van der Waals surface area contributed by atoms with Gasteiger partial charge in [-0.15, -0.1) is 0 Å². The van der Waals surface area contributed by atoms with Gasteiger partial charge in [-0.1, -0.05) is 19.3 Å². The Morgan fingerprint density at radius 1 is 1.10 bits per heavy atom. The smallest absolute Gasteiger partial charge is 0.317 e. The van der Waals surface area contributed by atoms with Crippen LogP contribution in [0.15, 0.2) is 6.07 Å². The molecule has 1 saturated heterocycles. The van der Waals surface area contributed by atoms with Crippen LogP contribution in [0.4, 0.5) is 4.79 Å². The lowest BCUT2D eigenvalue weighted by Gasteiger charge is -2.24. The predicted molar refractivity (Wildman–Crippen MR) is 78.4 cm³/mol. The van der Waals surface area contributed by atoms with Crippen LogP contribution in [0.25, 0.3) is 0 Å². The van der Waals surface area contributed by atoms with Gasteiger partial charge < -0.3 is 10.2 Å². The van der Waals surface area contributed by atoms with E-state index in [1.807, 2.05) is 24.8 Å². The van der Waals surface area contributed by atoms with E-state index in [1.54, 1.807) is 0 Å². The first-order valence-corrected chi connectivity index (χ1v) is 7.49. The molecule has 0 bridgehead atoms. The Bertz CT molecular complexity index is 433. The maximum atomic E-state index is 12.2. The summed E-state index contributed by atoms with van der Waals surface area (Å²) in [5.74, 6) is 0.683. The lowest BCUT2D eigenvalue weighted by atomic mass is 10.1. The Morgan fingerprint density at radius 3 is 2.25 bits per heavy atom. The van der Waals surface area contributed by atoms with Gasteiger partial charge in [0.15, 0.2) is 0 Å². The zero-order valence-electron chi connectivity index (χ0n) is 12.5. The fraction of sp³-hybridized carbons (Fsp3) is 0.667. The third-order valence-electron chi connectivity index (χ3n) is 3.57. The van der Waals surface area contributed by atoms with Gasteiger partial charge in [0, 0.05) is 24.5 Å². The monoisotopic (exact) mass is 276 g/mol. The van der Waals surface area contributed by atoms with Gasteiger partial charge in [-0.25, -0.2) is 14.8 Å². The van der Waals surface area contributed by atoms with Crippen molar-refractivity contribution in [2.45, 2.75) is 52.5 Å². The highest BCUT2D eigenvalue weighted by molar-refractivity contribution is 5.74. The van der Waals surface area contributed by atoms with Crippen molar-refractivity contribution in [3.05, 3.63) is 23.3 Å². The average Bonchev–Trinajstić information content (AvgIpc) is 2.34. The molecule has 1 aromatic heterocycles. The molecule has 2 heterocycles. The number of rotatable bonds is 2. The molecule has 5 heteroatoms. The highest BCUT2D eigenvalue weighted by atomic mass is 16.2. The molecule has 1 aromatic rings. The second-order valence-corrected chi connectivity index (χ2v) is 5.48. The van der Waals surface area contributed by atoms with Gasteiger partial charge in [0.05, 0.1) is 6.54 Å². The molecule has 2 amide bonds. The highest BCUT2D eigenvalue weighted by Crippen LogP contribution is 2.10. The number of hydrogen-bond donors (Lipinski definition) is 1. The largest absolute Gasteiger partial charge is 0.331 e. The van der Waals surface area contributed by atoms with Crippen molar-refractivity contribution in [2.24, 2.45) is 0 Å². The van der Waals surface area contributed by atoms with E-state index in [-0.39, 0.29) is 6.03 Å². The van der Waals surface area contributed by atoms with E-state index < -0.39 is 0 Å². The molecule has 0 radical (unpaired) electrons. The molecule has 20 heavy (non-hydrogen) atoms. The minimum atomic E-state index is 0.00894. The number of likely N-dealkylation sites (tertiary alicyclic amines) is 1. The molecule has 1 aliphatic heterocycles. The van der Waals surface area contributed by atoms with E-state index >= 15 is 0 Å². The maximum absolute atomic E-state index is 12.2. The van der Waals surface area contributed by atoms with Crippen molar-refractivity contribution < 1.29 is 4.79 Å². The van der Waals surface area contributed by atoms with Crippen molar-refractivity contribution in [3.8, 4) is 0 Å². The van der Waals surface area contributed by atoms with Gasteiger partial charge in [-0.3, -0.25) is 0 Å². The minimum absolute atomic E-state index is 0.00894. The van der Waals surface area contributed by atoms with Crippen LogP contribution in [0.2, 0.25) is 0 Å². The van der Waals surface area contributed by atoms with Crippen molar-refractivity contribution in [2.75, 3.05) is 13.1 Å². The molecule has 110 valence electrons. The normalized spacial score (nSPS) is 16.4. The number of nitrogens with one attached hydrogen (secondary N) is 1. The molecule has 0 aliphatic carbocycles. The van der Waals surface area contributed by atoms with Gasteiger partial charge in [0.2, 0.25) is 0 Å². The van der Waals surface area contributed by atoms with Gasteiger partial charge in [0.25, 0.3) is 0 Å². The first-order chi connectivity index (χ1) is 9.65. The minimum Gasteiger partial charge on any atom is -0.331 e. The second-order valence-electron chi connectivity index (χ2n) is 5.48. The Hall–Kier alpha value is -1.65. The second kappa shape index (κ2) is 7.22. The molecule has 1 fully saturated rings. The van der Waals surface area contributed by atoms with Crippen molar-refractivity contribution >= 4 is 6.03 Å². The number of carbonyl (C=O) groups excluding carboxylic acids is 1. The molecule has 1 aliphatic rings. The molecular weight excluding hydrogens is 252 g/mol. The summed E-state index contributed by atoms with van der Waals surface area (Å²) in [5, 5.41) is 2.93. The van der Waals surface area contributed by atoms with E-state index in [1.165, 1.54) is 19.3 Å². The molecule has 5 nitrogen and oxygen atoms in total. The highest BCUT2D eigenvalue weighted by Gasteiger charge is 2.14. The number of hydrogen-bond acceptors (Lipinski definition) is 3. The van der Waals surface area contributed by atoms with Gasteiger partial charge >= 0.3 is 6.03 Å². The summed E-state index contributed by atoms with van der Waals surface area (Å²) in [6.07, 6.45) is 5.96. The summed E-state index contributed by atoms with van der Waals surface area (Å²) in [6.45, 7) is 6.01. The average molecular weight is 276 g/mol. The van der Waals surface area contributed by atoms with Gasteiger partial charge in [0.1, 0.15) is 5.82 Å². The molecule has 0 atom stereocenters. The number of aromatic nitrogens is 2. The fourth-order valence-corrected chi connectivity index (χ4v) is 2.60. The van der Waals surface area contributed by atoms with Gasteiger partial charge in [-0.05, 0) is 32.8 Å². The Balaban J connectivity index is 1.87. The summed E-state index contributed by atoms with van der Waals surface area (Å²) in [6, 6.07) is 1.94. The summed E-state index contributed by atoms with van der Waals surface area (Å²) < 4.78 is 0. The fourth-order valence-electron chi connectivity index (χ4n) is 2.60. The SMILES string of the molecule is Cc1cc(C)nc(CNC(=O)N2CCCCCCC2)n1. The van der Waals surface area contributed by atoms with Crippen LogP contribution in [-0.4, -0.2) is 34.0 Å². The zero-order chi connectivity index (χ0) is 14.4. The summed E-state index contributed by atoms with van der Waals surface area (Å²) in [7, 11) is 0. The molecule has 0 spiro atoms. The van der Waals surface area contributed by atoms with Crippen LogP contribution in [0.3, 0.4) is 0 Å². The van der Waals surface area contributed by atoms with E-state index in [2.05, 4.69) is 15.3 Å². The number of carbonyl (C=O) groups is 1. The number of urea groups is 1. The first kappa shape index (κ1) is 14.8. The predicted octanol–water partition coefficient (Wildman–Crippen LogP) is 2.57. The maximum Gasteiger partial charge on any atom is 0.317 e. The van der Waals surface area contributed by atoms with E-state index in [0.717, 1.165) is 37.3 Å². The molecule has 0 unspecified atom stereocenters. The van der Waals surface area contributed by atoms with Crippen LogP contribution >= 0.6 is 0 Å². The Labute approximate surface area is 120 Å². The quantitative estimate of drug-likeness (QED) is 0.903. The molecule has 0 saturated carbocycles. The summed E-state index contributed by atoms with van der Waals surface area (Å²) in [4.78, 5) is 22.8.